The van der Waals surface area contributed by atoms with Crippen molar-refractivity contribution in [2.75, 3.05) is 5.32 Å². The van der Waals surface area contributed by atoms with E-state index in [2.05, 4.69) is 10.6 Å². The number of carbonyl (C=O) groups excluding carboxylic acids is 2. The van der Waals surface area contributed by atoms with Crippen LogP contribution in [-0.4, -0.2) is 11.8 Å². The Morgan fingerprint density at radius 2 is 1.32 bits per heavy atom. The molecule has 4 nitrogen and oxygen atoms in total. The lowest BCUT2D eigenvalue weighted by atomic mass is 9.98. The summed E-state index contributed by atoms with van der Waals surface area (Å²) in [6, 6.07) is 29.0. The highest BCUT2D eigenvalue weighted by Crippen LogP contribution is 2.24. The van der Waals surface area contributed by atoms with Gasteiger partial charge in [0.25, 0.3) is 11.8 Å². The molecule has 2 N–H and O–H groups in total. The van der Waals surface area contributed by atoms with Gasteiger partial charge in [-0.25, -0.2) is 0 Å². The van der Waals surface area contributed by atoms with Crippen LogP contribution in [0.3, 0.4) is 0 Å². The fraction of sp³-hybridized carbons (Fsp3) is 0.133. The van der Waals surface area contributed by atoms with Crippen LogP contribution in [0.2, 0.25) is 0 Å². The fourth-order valence-electron chi connectivity index (χ4n) is 3.91. The number of hydrogen-bond donors (Lipinski definition) is 2. The zero-order valence-corrected chi connectivity index (χ0v) is 19.7. The van der Waals surface area contributed by atoms with Crippen molar-refractivity contribution < 1.29 is 9.59 Å². The van der Waals surface area contributed by atoms with Gasteiger partial charge in [-0.15, -0.1) is 0 Å². The van der Waals surface area contributed by atoms with Gasteiger partial charge in [0.1, 0.15) is 0 Å². The number of benzene rings is 4. The van der Waals surface area contributed by atoms with Crippen LogP contribution in [0.5, 0.6) is 0 Å². The molecule has 0 atom stereocenters. The Morgan fingerprint density at radius 3 is 2.00 bits per heavy atom. The topological polar surface area (TPSA) is 58.2 Å². The Labute approximate surface area is 200 Å². The molecule has 4 aromatic carbocycles. The van der Waals surface area contributed by atoms with Crippen molar-refractivity contribution in [1.29, 1.82) is 0 Å². The lowest BCUT2D eigenvalue weighted by molar-refractivity contribution is 0.0950. The third-order valence-electron chi connectivity index (χ3n) is 5.92. The summed E-state index contributed by atoms with van der Waals surface area (Å²) in [5, 5.41) is 6.00. The molecule has 4 rings (SSSR count). The molecule has 0 radical (unpaired) electrons. The molecule has 0 bridgehead atoms. The Morgan fingerprint density at radius 1 is 0.676 bits per heavy atom. The van der Waals surface area contributed by atoms with E-state index in [1.165, 1.54) is 5.56 Å². The Kier molecular flexibility index (Phi) is 6.88. The van der Waals surface area contributed by atoms with Crippen LogP contribution in [0.4, 0.5) is 5.69 Å². The largest absolute Gasteiger partial charge is 0.348 e. The van der Waals surface area contributed by atoms with Gasteiger partial charge in [-0.05, 0) is 66.8 Å². The molecule has 0 unspecified atom stereocenters. The molecule has 170 valence electrons. The number of para-hydroxylation sites is 1. The van der Waals surface area contributed by atoms with Crippen LogP contribution < -0.4 is 10.6 Å². The van der Waals surface area contributed by atoms with E-state index >= 15 is 0 Å². The van der Waals surface area contributed by atoms with Gasteiger partial charge >= 0.3 is 0 Å². The summed E-state index contributed by atoms with van der Waals surface area (Å²) in [7, 11) is 0. The van der Waals surface area contributed by atoms with Crippen molar-refractivity contribution in [3.8, 4) is 11.1 Å². The Bertz CT molecular complexity index is 1300. The average molecular weight is 449 g/mol. The van der Waals surface area contributed by atoms with Crippen molar-refractivity contribution in [3.63, 3.8) is 0 Å². The maximum Gasteiger partial charge on any atom is 0.255 e. The maximum atomic E-state index is 12.9. The summed E-state index contributed by atoms with van der Waals surface area (Å²) < 4.78 is 0. The van der Waals surface area contributed by atoms with Crippen LogP contribution in [0.1, 0.15) is 43.0 Å². The lowest BCUT2D eigenvalue weighted by Gasteiger charge is -2.12. The maximum absolute atomic E-state index is 12.9. The van der Waals surface area contributed by atoms with E-state index in [0.717, 1.165) is 33.5 Å². The molecule has 4 heteroatoms. The number of rotatable bonds is 6. The molecule has 0 heterocycles. The molecule has 0 saturated heterocycles. The smallest absolute Gasteiger partial charge is 0.255 e. The highest BCUT2D eigenvalue weighted by atomic mass is 16.2. The number of nitrogens with one attached hydrogen (secondary N) is 2. The number of anilines is 1. The summed E-state index contributed by atoms with van der Waals surface area (Å²) in [5.41, 5.74) is 8.11. The van der Waals surface area contributed by atoms with Crippen molar-refractivity contribution >= 4 is 17.5 Å². The molecule has 4 aromatic rings. The highest BCUT2D eigenvalue weighted by Gasteiger charge is 2.13. The van der Waals surface area contributed by atoms with Crippen LogP contribution >= 0.6 is 0 Å². The van der Waals surface area contributed by atoms with Crippen LogP contribution in [-0.2, 0) is 6.54 Å². The second-order valence-electron chi connectivity index (χ2n) is 8.51. The molecule has 0 fully saturated rings. The average Bonchev–Trinajstić information content (AvgIpc) is 2.85. The molecule has 0 aliphatic heterocycles. The second kappa shape index (κ2) is 10.2. The minimum Gasteiger partial charge on any atom is -0.348 e. The van der Waals surface area contributed by atoms with E-state index in [1.807, 2.05) is 99.6 Å². The van der Waals surface area contributed by atoms with Gasteiger partial charge in [0.15, 0.2) is 0 Å². The van der Waals surface area contributed by atoms with Gasteiger partial charge in [-0.2, -0.15) is 0 Å². The van der Waals surface area contributed by atoms with Gasteiger partial charge in [0.05, 0.1) is 0 Å². The third kappa shape index (κ3) is 5.24. The Balaban J connectivity index is 1.42. The number of aryl methyl sites for hydroxylation is 3. The number of hydrogen-bond acceptors (Lipinski definition) is 2. The summed E-state index contributed by atoms with van der Waals surface area (Å²) in [6.45, 7) is 6.37. The monoisotopic (exact) mass is 448 g/mol. The normalized spacial score (nSPS) is 10.6. The van der Waals surface area contributed by atoms with E-state index in [4.69, 9.17) is 0 Å². The third-order valence-corrected chi connectivity index (χ3v) is 5.92. The predicted molar refractivity (Wildman–Crippen MR) is 138 cm³/mol. The van der Waals surface area contributed by atoms with Crippen molar-refractivity contribution in [1.82, 2.24) is 5.32 Å². The first-order valence-electron chi connectivity index (χ1n) is 11.3. The Hall–Kier alpha value is -4.18. The molecule has 0 aromatic heterocycles. The molecule has 0 spiro atoms. The van der Waals surface area contributed by atoms with Crippen molar-refractivity contribution in [2.24, 2.45) is 0 Å². The van der Waals surface area contributed by atoms with Crippen molar-refractivity contribution in [2.45, 2.75) is 27.3 Å². The molecule has 2 amide bonds. The van der Waals surface area contributed by atoms with E-state index in [9.17, 15) is 9.59 Å². The molecule has 34 heavy (non-hydrogen) atoms. The van der Waals surface area contributed by atoms with Crippen LogP contribution in [0.15, 0.2) is 91.0 Å². The summed E-state index contributed by atoms with van der Waals surface area (Å²) in [5.74, 6) is -0.284. The van der Waals surface area contributed by atoms with Gasteiger partial charge in [0.2, 0.25) is 0 Å². The standard InChI is InChI=1S/C30H28N2O2/c1-20-11-15-24(16-12-20)26-9-4-5-10-27(26)30(34)31-19-23-13-17-25(18-14-23)29(33)32-28-21(2)7-6-8-22(28)3/h4-18H,19H2,1-3H3,(H,31,34)(H,32,33). The summed E-state index contributed by atoms with van der Waals surface area (Å²) in [4.78, 5) is 25.6. The van der Waals surface area contributed by atoms with E-state index < -0.39 is 0 Å². The molecular weight excluding hydrogens is 420 g/mol. The highest BCUT2D eigenvalue weighted by molar-refractivity contribution is 6.05. The molecule has 0 aliphatic carbocycles. The zero-order chi connectivity index (χ0) is 24.1. The van der Waals surface area contributed by atoms with Gasteiger partial charge in [0, 0.05) is 23.4 Å². The summed E-state index contributed by atoms with van der Waals surface area (Å²) >= 11 is 0. The number of carbonyl (C=O) groups is 2. The number of amides is 2. The van der Waals surface area contributed by atoms with Crippen molar-refractivity contribution in [3.05, 3.63) is 124 Å². The first-order chi connectivity index (χ1) is 16.4. The lowest BCUT2D eigenvalue weighted by Crippen LogP contribution is -2.23. The van der Waals surface area contributed by atoms with E-state index in [1.54, 1.807) is 12.1 Å². The SMILES string of the molecule is Cc1ccc(-c2ccccc2C(=O)NCc2ccc(C(=O)Nc3c(C)cccc3C)cc2)cc1. The predicted octanol–water partition coefficient (Wildman–Crippen LogP) is 6.46. The van der Waals surface area contributed by atoms with Gasteiger partial charge < -0.3 is 10.6 Å². The second-order valence-corrected chi connectivity index (χ2v) is 8.51. The van der Waals surface area contributed by atoms with Gasteiger partial charge in [-0.3, -0.25) is 9.59 Å². The molecule has 0 aliphatic rings. The van der Waals surface area contributed by atoms with E-state index in [0.29, 0.717) is 17.7 Å². The quantitative estimate of drug-likeness (QED) is 0.356. The minimum absolute atomic E-state index is 0.131. The minimum atomic E-state index is -0.153. The molecular formula is C30H28N2O2. The zero-order valence-electron chi connectivity index (χ0n) is 19.7. The fourth-order valence-corrected chi connectivity index (χ4v) is 3.91. The van der Waals surface area contributed by atoms with E-state index in [-0.39, 0.29) is 11.8 Å². The van der Waals surface area contributed by atoms with Gasteiger partial charge in [-0.1, -0.05) is 78.4 Å². The van der Waals surface area contributed by atoms with Crippen LogP contribution in [0, 0.1) is 20.8 Å². The molecule has 0 saturated carbocycles. The van der Waals surface area contributed by atoms with Crippen LogP contribution in [0.25, 0.3) is 11.1 Å². The first-order valence-corrected chi connectivity index (χ1v) is 11.3. The first kappa shape index (κ1) is 23.0. The summed E-state index contributed by atoms with van der Waals surface area (Å²) in [6.07, 6.45) is 0.